The van der Waals surface area contributed by atoms with E-state index in [9.17, 15) is 18.0 Å². The first-order chi connectivity index (χ1) is 16.0. The van der Waals surface area contributed by atoms with Crippen molar-refractivity contribution in [1.29, 1.82) is 0 Å². The minimum Gasteiger partial charge on any atom is -0.354 e. The Morgan fingerprint density at radius 1 is 1.06 bits per heavy atom. The van der Waals surface area contributed by atoms with Crippen molar-refractivity contribution in [3.8, 4) is 0 Å². The van der Waals surface area contributed by atoms with Crippen LogP contribution in [0.15, 0.2) is 42.5 Å². The lowest BCUT2D eigenvalue weighted by Crippen LogP contribution is -2.51. The zero-order valence-electron chi connectivity index (χ0n) is 20.5. The number of hydrogen-bond donors (Lipinski definition) is 1. The number of nitrogens with one attached hydrogen (secondary N) is 1. The topological polar surface area (TPSA) is 86.8 Å². The Morgan fingerprint density at radius 2 is 1.65 bits per heavy atom. The molecular formula is C25H34ClN3O4S. The van der Waals surface area contributed by atoms with Gasteiger partial charge in [-0.25, -0.2) is 8.42 Å². The van der Waals surface area contributed by atoms with E-state index >= 15 is 0 Å². The normalized spacial score (nSPS) is 12.2. The molecule has 0 aromatic heterocycles. The molecule has 0 aliphatic carbocycles. The van der Waals surface area contributed by atoms with Crippen LogP contribution in [0.25, 0.3) is 0 Å². The first kappa shape index (κ1) is 27.7. The van der Waals surface area contributed by atoms with Crippen LogP contribution in [0.3, 0.4) is 0 Å². The maximum atomic E-state index is 13.6. The molecule has 1 N–H and O–H groups in total. The van der Waals surface area contributed by atoms with E-state index in [0.29, 0.717) is 17.3 Å². The van der Waals surface area contributed by atoms with Crippen LogP contribution in [0.1, 0.15) is 43.4 Å². The van der Waals surface area contributed by atoms with Gasteiger partial charge < -0.3 is 10.2 Å². The van der Waals surface area contributed by atoms with E-state index in [1.807, 2.05) is 13.0 Å². The third-order valence-corrected chi connectivity index (χ3v) is 7.00. The minimum absolute atomic E-state index is 0.142. The van der Waals surface area contributed by atoms with Crippen molar-refractivity contribution in [1.82, 2.24) is 10.2 Å². The highest BCUT2D eigenvalue weighted by atomic mass is 35.5. The molecule has 0 spiro atoms. The van der Waals surface area contributed by atoms with E-state index in [1.54, 1.807) is 57.2 Å². The average molecular weight is 508 g/mol. The SMILES string of the molecule is CCCCNC(=O)C(C)N(Cc1ccc(Cl)cc1)C(=O)CN(c1c(C)cccc1C)S(C)(=O)=O. The van der Waals surface area contributed by atoms with Gasteiger partial charge in [0.15, 0.2) is 0 Å². The number of carbonyl (C=O) groups excluding carboxylic acids is 2. The molecule has 186 valence electrons. The van der Waals surface area contributed by atoms with Gasteiger partial charge in [-0.3, -0.25) is 13.9 Å². The Kier molecular flexibility index (Phi) is 9.94. The van der Waals surface area contributed by atoms with Crippen LogP contribution in [-0.2, 0) is 26.2 Å². The van der Waals surface area contributed by atoms with Gasteiger partial charge in [0.05, 0.1) is 11.9 Å². The zero-order valence-corrected chi connectivity index (χ0v) is 22.0. The van der Waals surface area contributed by atoms with E-state index in [4.69, 9.17) is 11.6 Å². The fourth-order valence-electron chi connectivity index (χ4n) is 3.68. The summed E-state index contributed by atoms with van der Waals surface area (Å²) in [5, 5.41) is 3.42. The quantitative estimate of drug-likeness (QED) is 0.465. The van der Waals surface area contributed by atoms with Crippen molar-refractivity contribution in [2.24, 2.45) is 0 Å². The maximum Gasteiger partial charge on any atom is 0.244 e. The van der Waals surface area contributed by atoms with Crippen LogP contribution in [0, 0.1) is 13.8 Å². The number of anilines is 1. The number of nitrogens with zero attached hydrogens (tertiary/aromatic N) is 2. The number of carbonyl (C=O) groups is 2. The summed E-state index contributed by atoms with van der Waals surface area (Å²) in [6, 6.07) is 11.6. The Balaban J connectivity index is 2.39. The summed E-state index contributed by atoms with van der Waals surface area (Å²) in [6.45, 7) is 7.53. The molecule has 0 saturated carbocycles. The lowest BCUT2D eigenvalue weighted by Gasteiger charge is -2.32. The van der Waals surface area contributed by atoms with Crippen molar-refractivity contribution in [2.45, 2.75) is 53.1 Å². The van der Waals surface area contributed by atoms with E-state index in [1.165, 1.54) is 4.90 Å². The van der Waals surface area contributed by atoms with Gasteiger partial charge in [-0.1, -0.05) is 55.3 Å². The molecule has 0 heterocycles. The molecule has 1 atom stereocenters. The predicted molar refractivity (Wildman–Crippen MR) is 137 cm³/mol. The summed E-state index contributed by atoms with van der Waals surface area (Å²) >= 11 is 5.99. The molecule has 7 nitrogen and oxygen atoms in total. The van der Waals surface area contributed by atoms with E-state index in [-0.39, 0.29) is 12.5 Å². The van der Waals surface area contributed by atoms with Crippen LogP contribution in [0.2, 0.25) is 5.02 Å². The summed E-state index contributed by atoms with van der Waals surface area (Å²) in [5.74, 6) is -0.755. The van der Waals surface area contributed by atoms with Crippen LogP contribution < -0.4 is 9.62 Å². The van der Waals surface area contributed by atoms with Gasteiger partial charge in [0.2, 0.25) is 21.8 Å². The molecular weight excluding hydrogens is 474 g/mol. The van der Waals surface area contributed by atoms with Crippen molar-refractivity contribution in [3.63, 3.8) is 0 Å². The van der Waals surface area contributed by atoms with E-state index in [2.05, 4.69) is 5.32 Å². The van der Waals surface area contributed by atoms with Gasteiger partial charge in [0, 0.05) is 18.1 Å². The van der Waals surface area contributed by atoms with Crippen molar-refractivity contribution in [2.75, 3.05) is 23.7 Å². The number of halogens is 1. The van der Waals surface area contributed by atoms with Crippen LogP contribution in [0.4, 0.5) is 5.69 Å². The smallest absolute Gasteiger partial charge is 0.244 e. The molecule has 9 heteroatoms. The van der Waals surface area contributed by atoms with Gasteiger partial charge in [0.1, 0.15) is 12.6 Å². The van der Waals surface area contributed by atoms with Gasteiger partial charge in [-0.15, -0.1) is 0 Å². The fraction of sp³-hybridized carbons (Fsp3) is 0.440. The maximum absolute atomic E-state index is 13.6. The number of para-hydroxylation sites is 1. The minimum atomic E-state index is -3.77. The molecule has 34 heavy (non-hydrogen) atoms. The Bertz CT molecular complexity index is 1080. The number of amides is 2. The Labute approximate surface area is 208 Å². The van der Waals surface area contributed by atoms with E-state index in [0.717, 1.165) is 40.1 Å². The lowest BCUT2D eigenvalue weighted by atomic mass is 10.1. The molecule has 0 saturated heterocycles. The predicted octanol–water partition coefficient (Wildman–Crippen LogP) is 4.06. The highest BCUT2D eigenvalue weighted by Crippen LogP contribution is 2.27. The zero-order chi connectivity index (χ0) is 25.5. The number of aryl methyl sites for hydroxylation is 2. The van der Waals surface area contributed by atoms with Gasteiger partial charge in [-0.05, 0) is 56.0 Å². The highest BCUT2D eigenvalue weighted by molar-refractivity contribution is 7.92. The largest absolute Gasteiger partial charge is 0.354 e. The molecule has 1 unspecified atom stereocenters. The van der Waals surface area contributed by atoms with Gasteiger partial charge >= 0.3 is 0 Å². The van der Waals surface area contributed by atoms with Crippen molar-refractivity contribution >= 4 is 39.1 Å². The molecule has 0 aliphatic heterocycles. The van der Waals surface area contributed by atoms with Crippen LogP contribution in [0.5, 0.6) is 0 Å². The second-order valence-electron chi connectivity index (χ2n) is 8.48. The van der Waals surface area contributed by atoms with Gasteiger partial charge in [-0.2, -0.15) is 0 Å². The second kappa shape index (κ2) is 12.2. The average Bonchev–Trinajstić information content (AvgIpc) is 2.76. The summed E-state index contributed by atoms with van der Waals surface area (Å²) in [5.41, 5.74) is 2.74. The number of rotatable bonds is 11. The monoisotopic (exact) mass is 507 g/mol. The number of hydrogen-bond acceptors (Lipinski definition) is 4. The Hall–Kier alpha value is -2.58. The second-order valence-corrected chi connectivity index (χ2v) is 10.8. The molecule has 2 aromatic rings. The standard InChI is InChI=1S/C25H34ClN3O4S/c1-6-7-15-27-25(31)20(4)28(16-21-11-13-22(26)14-12-21)23(30)17-29(34(5,32)33)24-18(2)9-8-10-19(24)3/h8-14,20H,6-7,15-17H2,1-5H3,(H,27,31). The first-order valence-electron chi connectivity index (χ1n) is 11.3. The summed E-state index contributed by atoms with van der Waals surface area (Å²) in [7, 11) is -3.77. The van der Waals surface area contributed by atoms with E-state index < -0.39 is 28.5 Å². The van der Waals surface area contributed by atoms with Crippen molar-refractivity contribution in [3.05, 3.63) is 64.2 Å². The van der Waals surface area contributed by atoms with Gasteiger partial charge in [0.25, 0.3) is 0 Å². The molecule has 0 bridgehead atoms. The lowest BCUT2D eigenvalue weighted by molar-refractivity contribution is -0.139. The van der Waals surface area contributed by atoms with Crippen LogP contribution >= 0.6 is 11.6 Å². The first-order valence-corrected chi connectivity index (χ1v) is 13.5. The number of unbranched alkanes of at least 4 members (excludes halogenated alkanes) is 1. The Morgan fingerprint density at radius 3 is 2.18 bits per heavy atom. The molecule has 2 aromatic carbocycles. The molecule has 0 fully saturated rings. The fourth-order valence-corrected chi connectivity index (χ4v) is 4.77. The van der Waals surface area contributed by atoms with Crippen LogP contribution in [-0.4, -0.2) is 50.5 Å². The summed E-state index contributed by atoms with van der Waals surface area (Å²) in [6.07, 6.45) is 2.84. The number of benzene rings is 2. The third kappa shape index (κ3) is 7.46. The highest BCUT2D eigenvalue weighted by Gasteiger charge is 2.31. The van der Waals surface area contributed by atoms with Crippen molar-refractivity contribution < 1.29 is 18.0 Å². The molecule has 2 amide bonds. The molecule has 0 radical (unpaired) electrons. The number of sulfonamides is 1. The summed E-state index contributed by atoms with van der Waals surface area (Å²) < 4.78 is 26.6. The molecule has 0 aliphatic rings. The molecule has 2 rings (SSSR count). The summed E-state index contributed by atoms with van der Waals surface area (Å²) in [4.78, 5) is 27.8. The third-order valence-electron chi connectivity index (χ3n) is 5.63.